The van der Waals surface area contributed by atoms with Crippen molar-refractivity contribution in [3.8, 4) is 0 Å². The molecular weight excluding hydrogens is 432 g/mol. The van der Waals surface area contributed by atoms with Crippen LogP contribution in [0.25, 0.3) is 0 Å². The zero-order chi connectivity index (χ0) is 25.0. The van der Waals surface area contributed by atoms with Crippen molar-refractivity contribution in [1.82, 2.24) is 0 Å². The highest BCUT2D eigenvalue weighted by atomic mass is 28.4. The van der Waals surface area contributed by atoms with Crippen LogP contribution < -0.4 is 0 Å². The molecule has 2 aliphatic heterocycles. The molecule has 2 bridgehead atoms. The molecule has 2 heterocycles. The van der Waals surface area contributed by atoms with E-state index in [9.17, 15) is 9.90 Å². The smallest absolute Gasteiger partial charge is 0.311 e. The molecule has 188 valence electrons. The normalized spacial score (nSPS) is 39.4. The third-order valence-electron chi connectivity index (χ3n) is 7.58. The Hall–Kier alpha value is -0.953. The van der Waals surface area contributed by atoms with Crippen LogP contribution in [0.4, 0.5) is 0 Å². The van der Waals surface area contributed by atoms with Gasteiger partial charge in [-0.15, -0.1) is 0 Å². The molecule has 5 nitrogen and oxygen atoms in total. The lowest BCUT2D eigenvalue weighted by molar-refractivity contribution is -0.286. The van der Waals surface area contributed by atoms with Gasteiger partial charge in [0.05, 0.1) is 11.5 Å². The van der Waals surface area contributed by atoms with Gasteiger partial charge in [-0.05, 0) is 109 Å². The van der Waals surface area contributed by atoms with E-state index in [2.05, 4.69) is 46.5 Å². The molecule has 33 heavy (non-hydrogen) atoms. The second-order valence-electron chi connectivity index (χ2n) is 13.1. The molecule has 7 atom stereocenters. The van der Waals surface area contributed by atoms with E-state index in [1.807, 2.05) is 26.8 Å². The van der Waals surface area contributed by atoms with Crippen LogP contribution >= 0.6 is 0 Å². The average Bonchev–Trinajstić information content (AvgIpc) is 2.63. The van der Waals surface area contributed by atoms with Crippen LogP contribution in [0.3, 0.4) is 0 Å². The van der Waals surface area contributed by atoms with E-state index in [0.29, 0.717) is 24.2 Å². The second kappa shape index (κ2) is 8.92. The summed E-state index contributed by atoms with van der Waals surface area (Å²) in [4.78, 5) is 13.2. The third kappa shape index (κ3) is 5.66. The standard InChI is InChI=1S/C27H46O5Si/c1-17(2)19-12-11-18(3)20-15-22-26(7,29)13-14-27(31-22,32-33(8,9)10)23(16-21(19)20)30-24(28)25(4,5)6/h11,13-14,17,19-23,29H,12,15-16H2,1-10H3/t19-,20+,21-,22+,23-,26+,27?/m1/s1. The maximum atomic E-state index is 13.2. The molecule has 3 rings (SSSR count). The van der Waals surface area contributed by atoms with E-state index in [1.165, 1.54) is 5.57 Å². The molecule has 1 unspecified atom stereocenters. The quantitative estimate of drug-likeness (QED) is 0.312. The average molecular weight is 479 g/mol. The Labute approximate surface area is 202 Å². The first kappa shape index (κ1) is 26.6. The van der Waals surface area contributed by atoms with Crippen LogP contribution in [0.5, 0.6) is 0 Å². The molecule has 1 aliphatic carbocycles. The summed E-state index contributed by atoms with van der Waals surface area (Å²) in [7, 11) is -2.11. The molecule has 0 aromatic rings. The fourth-order valence-electron chi connectivity index (χ4n) is 5.67. The molecule has 1 fully saturated rings. The van der Waals surface area contributed by atoms with Crippen molar-refractivity contribution in [1.29, 1.82) is 0 Å². The summed E-state index contributed by atoms with van der Waals surface area (Å²) in [5, 5.41) is 11.3. The number of allylic oxidation sites excluding steroid dienone is 2. The zero-order valence-corrected chi connectivity index (χ0v) is 23.4. The molecule has 0 amide bonds. The molecule has 0 aromatic carbocycles. The lowest BCUT2D eigenvalue weighted by Crippen LogP contribution is -2.63. The van der Waals surface area contributed by atoms with Crippen molar-refractivity contribution in [2.75, 3.05) is 0 Å². The van der Waals surface area contributed by atoms with Gasteiger partial charge >= 0.3 is 5.97 Å². The molecule has 0 spiro atoms. The molecule has 6 heteroatoms. The van der Waals surface area contributed by atoms with Gasteiger partial charge in [-0.3, -0.25) is 4.79 Å². The predicted octanol–water partition coefficient (Wildman–Crippen LogP) is 5.85. The van der Waals surface area contributed by atoms with Crippen molar-refractivity contribution < 1.29 is 23.8 Å². The Morgan fingerprint density at radius 2 is 1.85 bits per heavy atom. The fraction of sp³-hybridized carbons (Fsp3) is 0.815. The van der Waals surface area contributed by atoms with Crippen LogP contribution in [0.1, 0.15) is 67.7 Å². The number of esters is 1. The fourth-order valence-corrected chi connectivity index (χ4v) is 6.88. The number of hydrogen-bond acceptors (Lipinski definition) is 5. The molecule has 1 saturated heterocycles. The van der Waals surface area contributed by atoms with Gasteiger partial charge < -0.3 is 19.0 Å². The van der Waals surface area contributed by atoms with Crippen molar-refractivity contribution in [2.24, 2.45) is 29.1 Å². The number of hydrogen-bond donors (Lipinski definition) is 1. The van der Waals surface area contributed by atoms with Crippen molar-refractivity contribution >= 4 is 14.3 Å². The summed E-state index contributed by atoms with van der Waals surface area (Å²) in [5.41, 5.74) is -0.395. The number of aliphatic hydroxyl groups is 1. The first-order valence-corrected chi connectivity index (χ1v) is 16.0. The topological polar surface area (TPSA) is 65.0 Å². The summed E-state index contributed by atoms with van der Waals surface area (Å²) in [6.45, 7) is 20.6. The lowest BCUT2D eigenvalue weighted by atomic mass is 9.62. The van der Waals surface area contributed by atoms with E-state index in [1.54, 1.807) is 13.0 Å². The Kier molecular flexibility index (Phi) is 7.21. The highest BCUT2D eigenvalue weighted by molar-refractivity contribution is 6.69. The van der Waals surface area contributed by atoms with Gasteiger partial charge in [0.15, 0.2) is 14.4 Å². The Morgan fingerprint density at radius 1 is 1.21 bits per heavy atom. The van der Waals surface area contributed by atoms with Gasteiger partial charge in [0.1, 0.15) is 5.60 Å². The van der Waals surface area contributed by atoms with Gasteiger partial charge in [0.2, 0.25) is 5.79 Å². The first-order chi connectivity index (χ1) is 15.0. The summed E-state index contributed by atoms with van der Waals surface area (Å²) in [6.07, 6.45) is 7.42. The molecule has 0 saturated carbocycles. The Morgan fingerprint density at radius 3 is 2.39 bits per heavy atom. The SMILES string of the molecule is CC1=CC[C@H](C(C)C)[C@H]2C[C@@H](OC(=O)C(C)(C)C)C3(O[Si](C)(C)C)C=C[C@](C)(O)[C@H](C[C@@H]12)O3. The maximum absolute atomic E-state index is 13.2. The van der Waals surface area contributed by atoms with Crippen LogP contribution in [-0.4, -0.2) is 43.0 Å². The first-order valence-electron chi connectivity index (χ1n) is 12.6. The number of carbonyl (C=O) groups is 1. The van der Waals surface area contributed by atoms with Gasteiger partial charge in [0.25, 0.3) is 0 Å². The minimum Gasteiger partial charge on any atom is -0.456 e. The summed E-state index contributed by atoms with van der Waals surface area (Å²) in [6, 6.07) is 0. The van der Waals surface area contributed by atoms with Gasteiger partial charge in [-0.25, -0.2) is 0 Å². The Balaban J connectivity index is 2.16. The second-order valence-corrected chi connectivity index (χ2v) is 17.5. The van der Waals surface area contributed by atoms with E-state index < -0.39 is 37.3 Å². The van der Waals surface area contributed by atoms with E-state index >= 15 is 0 Å². The van der Waals surface area contributed by atoms with Crippen molar-refractivity contribution in [3.05, 3.63) is 23.8 Å². The third-order valence-corrected chi connectivity index (χ3v) is 8.51. The van der Waals surface area contributed by atoms with Crippen LogP contribution in [-0.2, 0) is 18.7 Å². The summed E-state index contributed by atoms with van der Waals surface area (Å²) in [5.74, 6) is 0.149. The maximum Gasteiger partial charge on any atom is 0.311 e. The van der Waals surface area contributed by atoms with Gasteiger partial charge in [-0.2, -0.15) is 0 Å². The van der Waals surface area contributed by atoms with Crippen molar-refractivity contribution in [3.63, 3.8) is 0 Å². The highest BCUT2D eigenvalue weighted by Crippen LogP contribution is 2.51. The number of ether oxygens (including phenoxy) is 2. The minimum absolute atomic E-state index is 0.252. The van der Waals surface area contributed by atoms with Gasteiger partial charge in [-0.1, -0.05) is 25.5 Å². The zero-order valence-electron chi connectivity index (χ0n) is 22.4. The lowest BCUT2D eigenvalue weighted by Gasteiger charge is -2.54. The van der Waals surface area contributed by atoms with Gasteiger partial charge in [0, 0.05) is 0 Å². The number of carbonyl (C=O) groups excluding carboxylic acids is 1. The van der Waals surface area contributed by atoms with Crippen LogP contribution in [0.15, 0.2) is 23.8 Å². The number of rotatable bonds is 4. The van der Waals surface area contributed by atoms with E-state index in [0.717, 1.165) is 12.8 Å². The molecule has 3 aliphatic rings. The minimum atomic E-state index is -2.11. The van der Waals surface area contributed by atoms with E-state index in [4.69, 9.17) is 13.9 Å². The van der Waals surface area contributed by atoms with E-state index in [-0.39, 0.29) is 11.9 Å². The molecular formula is C27H46O5Si. The monoisotopic (exact) mass is 478 g/mol. The van der Waals surface area contributed by atoms with Crippen molar-refractivity contribution in [2.45, 2.75) is 111 Å². The summed E-state index contributed by atoms with van der Waals surface area (Å²) < 4.78 is 19.7. The Bertz CT molecular complexity index is 800. The summed E-state index contributed by atoms with van der Waals surface area (Å²) >= 11 is 0. The largest absolute Gasteiger partial charge is 0.456 e. The molecule has 1 N–H and O–H groups in total. The molecule has 0 aromatic heterocycles. The molecule has 0 radical (unpaired) electrons. The highest BCUT2D eigenvalue weighted by Gasteiger charge is 2.56. The van der Waals surface area contributed by atoms with Crippen LogP contribution in [0, 0.1) is 29.1 Å². The van der Waals surface area contributed by atoms with Crippen LogP contribution in [0.2, 0.25) is 19.6 Å². The number of fused-ring (bicyclic) bond motifs is 3. The predicted molar refractivity (Wildman–Crippen MR) is 134 cm³/mol.